The first kappa shape index (κ1) is 12.4. The highest BCUT2D eigenvalue weighted by molar-refractivity contribution is 4.86. The molecule has 1 saturated heterocycles. The molecule has 2 N–H and O–H groups in total. The standard InChI is InChI=1S/C14H28N2/c1-2-6-14(7-10-15-11-8-14)12-16-9-5-13-3-4-13/h13,15-16H,2-12H2,1H3. The predicted molar refractivity (Wildman–Crippen MR) is 69.7 cm³/mol. The molecule has 0 aromatic heterocycles. The highest BCUT2D eigenvalue weighted by Crippen LogP contribution is 2.34. The summed E-state index contributed by atoms with van der Waals surface area (Å²) in [6.45, 7) is 7.29. The lowest BCUT2D eigenvalue weighted by molar-refractivity contribution is 0.176. The molecule has 0 spiro atoms. The maximum Gasteiger partial charge on any atom is 0.000876 e. The van der Waals surface area contributed by atoms with Crippen LogP contribution in [0.2, 0.25) is 0 Å². The number of nitrogens with one attached hydrogen (secondary N) is 2. The highest BCUT2D eigenvalue weighted by Gasteiger charge is 2.30. The van der Waals surface area contributed by atoms with Gasteiger partial charge < -0.3 is 10.6 Å². The fraction of sp³-hybridized carbons (Fsp3) is 1.00. The predicted octanol–water partition coefficient (Wildman–Crippen LogP) is 2.55. The van der Waals surface area contributed by atoms with Crippen LogP contribution in [-0.4, -0.2) is 26.2 Å². The van der Waals surface area contributed by atoms with Gasteiger partial charge in [-0.05, 0) is 56.7 Å². The molecule has 2 heteroatoms. The maximum atomic E-state index is 3.72. The molecular weight excluding hydrogens is 196 g/mol. The smallest absolute Gasteiger partial charge is 0.000876 e. The van der Waals surface area contributed by atoms with Crippen molar-refractivity contribution in [1.29, 1.82) is 0 Å². The van der Waals surface area contributed by atoms with Gasteiger partial charge in [-0.3, -0.25) is 0 Å². The van der Waals surface area contributed by atoms with Gasteiger partial charge in [0.25, 0.3) is 0 Å². The lowest BCUT2D eigenvalue weighted by Gasteiger charge is -2.38. The van der Waals surface area contributed by atoms with Crippen LogP contribution in [0.5, 0.6) is 0 Å². The Morgan fingerprint density at radius 2 is 2.00 bits per heavy atom. The molecule has 0 radical (unpaired) electrons. The van der Waals surface area contributed by atoms with Gasteiger partial charge in [0.05, 0.1) is 0 Å². The topological polar surface area (TPSA) is 24.1 Å². The molecule has 16 heavy (non-hydrogen) atoms. The van der Waals surface area contributed by atoms with E-state index in [4.69, 9.17) is 0 Å². The normalized spacial score (nSPS) is 24.6. The molecule has 0 bridgehead atoms. The van der Waals surface area contributed by atoms with E-state index in [0.717, 1.165) is 5.92 Å². The molecule has 1 heterocycles. The van der Waals surface area contributed by atoms with Crippen LogP contribution in [-0.2, 0) is 0 Å². The monoisotopic (exact) mass is 224 g/mol. The van der Waals surface area contributed by atoms with Gasteiger partial charge in [0.15, 0.2) is 0 Å². The third-order valence-electron chi connectivity index (χ3n) is 4.37. The lowest BCUT2D eigenvalue weighted by atomic mass is 9.75. The molecule has 1 saturated carbocycles. The van der Waals surface area contributed by atoms with Gasteiger partial charge in [-0.25, -0.2) is 0 Å². The Kier molecular flexibility index (Phi) is 4.66. The molecule has 0 unspecified atom stereocenters. The second-order valence-electron chi connectivity index (χ2n) is 5.91. The summed E-state index contributed by atoms with van der Waals surface area (Å²) in [4.78, 5) is 0. The Bertz CT molecular complexity index is 187. The average Bonchev–Trinajstić information content (AvgIpc) is 3.10. The molecule has 1 aliphatic heterocycles. The van der Waals surface area contributed by atoms with E-state index >= 15 is 0 Å². The van der Waals surface area contributed by atoms with E-state index in [1.807, 2.05) is 0 Å². The molecule has 2 aliphatic rings. The van der Waals surface area contributed by atoms with Crippen molar-refractivity contribution in [1.82, 2.24) is 10.6 Å². The van der Waals surface area contributed by atoms with Crippen LogP contribution in [0.4, 0.5) is 0 Å². The summed E-state index contributed by atoms with van der Waals surface area (Å²) in [6, 6.07) is 0. The summed E-state index contributed by atoms with van der Waals surface area (Å²) in [5, 5.41) is 7.21. The number of rotatable bonds is 7. The molecule has 0 aromatic carbocycles. The van der Waals surface area contributed by atoms with Gasteiger partial charge in [0.1, 0.15) is 0 Å². The van der Waals surface area contributed by atoms with Crippen LogP contribution < -0.4 is 10.6 Å². The van der Waals surface area contributed by atoms with Gasteiger partial charge in [-0.1, -0.05) is 26.2 Å². The molecule has 1 aliphatic carbocycles. The molecule has 94 valence electrons. The van der Waals surface area contributed by atoms with Crippen molar-refractivity contribution in [3.05, 3.63) is 0 Å². The minimum atomic E-state index is 0.615. The Hall–Kier alpha value is -0.0800. The van der Waals surface area contributed by atoms with Crippen LogP contribution in [0.15, 0.2) is 0 Å². The average molecular weight is 224 g/mol. The summed E-state index contributed by atoms with van der Waals surface area (Å²) >= 11 is 0. The summed E-state index contributed by atoms with van der Waals surface area (Å²) in [5.41, 5.74) is 0.615. The largest absolute Gasteiger partial charge is 0.317 e. The zero-order chi connectivity index (χ0) is 11.3. The molecule has 0 amide bonds. The first-order valence-electron chi connectivity index (χ1n) is 7.26. The SMILES string of the molecule is CCCC1(CNCCC2CC2)CCNCC1. The van der Waals surface area contributed by atoms with E-state index in [1.54, 1.807) is 0 Å². The molecule has 2 fully saturated rings. The van der Waals surface area contributed by atoms with E-state index in [2.05, 4.69) is 17.6 Å². The van der Waals surface area contributed by atoms with E-state index in [-0.39, 0.29) is 0 Å². The van der Waals surface area contributed by atoms with Crippen molar-refractivity contribution in [3.8, 4) is 0 Å². The summed E-state index contributed by atoms with van der Waals surface area (Å²) in [7, 11) is 0. The zero-order valence-electron chi connectivity index (χ0n) is 10.9. The van der Waals surface area contributed by atoms with Crippen molar-refractivity contribution in [2.75, 3.05) is 26.2 Å². The Balaban J connectivity index is 1.67. The zero-order valence-corrected chi connectivity index (χ0v) is 10.9. The molecule has 2 rings (SSSR count). The van der Waals surface area contributed by atoms with Crippen LogP contribution in [0.1, 0.15) is 51.9 Å². The first-order valence-corrected chi connectivity index (χ1v) is 7.26. The third-order valence-corrected chi connectivity index (χ3v) is 4.37. The number of hydrogen-bond donors (Lipinski definition) is 2. The van der Waals surface area contributed by atoms with Gasteiger partial charge >= 0.3 is 0 Å². The molecule has 0 aromatic rings. The number of hydrogen-bond acceptors (Lipinski definition) is 2. The van der Waals surface area contributed by atoms with Crippen molar-refractivity contribution in [2.24, 2.45) is 11.3 Å². The Labute approximate surface area is 101 Å². The quantitative estimate of drug-likeness (QED) is 0.649. The van der Waals surface area contributed by atoms with Gasteiger partial charge in [0.2, 0.25) is 0 Å². The first-order chi connectivity index (χ1) is 7.85. The lowest BCUT2D eigenvalue weighted by Crippen LogP contribution is -2.43. The van der Waals surface area contributed by atoms with Crippen molar-refractivity contribution in [3.63, 3.8) is 0 Å². The van der Waals surface area contributed by atoms with E-state index in [0.29, 0.717) is 5.41 Å². The van der Waals surface area contributed by atoms with E-state index < -0.39 is 0 Å². The minimum Gasteiger partial charge on any atom is -0.317 e. The number of piperidine rings is 1. The molecule has 0 atom stereocenters. The van der Waals surface area contributed by atoms with E-state index in [1.165, 1.54) is 71.1 Å². The van der Waals surface area contributed by atoms with Crippen LogP contribution in [0.25, 0.3) is 0 Å². The fourth-order valence-electron chi connectivity index (χ4n) is 3.07. The van der Waals surface area contributed by atoms with Crippen LogP contribution in [0.3, 0.4) is 0 Å². The minimum absolute atomic E-state index is 0.615. The summed E-state index contributed by atoms with van der Waals surface area (Å²) in [5.74, 6) is 1.07. The second kappa shape index (κ2) is 6.02. The maximum absolute atomic E-state index is 3.72. The van der Waals surface area contributed by atoms with Gasteiger partial charge in [0, 0.05) is 6.54 Å². The Morgan fingerprint density at radius 3 is 2.62 bits per heavy atom. The summed E-state index contributed by atoms with van der Waals surface area (Å²) in [6.07, 6.45) is 9.89. The fourth-order valence-corrected chi connectivity index (χ4v) is 3.07. The van der Waals surface area contributed by atoms with Crippen molar-refractivity contribution in [2.45, 2.75) is 51.9 Å². The highest BCUT2D eigenvalue weighted by atomic mass is 14.9. The molecular formula is C14H28N2. The van der Waals surface area contributed by atoms with Gasteiger partial charge in [-0.15, -0.1) is 0 Å². The van der Waals surface area contributed by atoms with Crippen LogP contribution in [0, 0.1) is 11.3 Å². The third kappa shape index (κ3) is 3.74. The molecule has 2 nitrogen and oxygen atoms in total. The second-order valence-corrected chi connectivity index (χ2v) is 5.91. The van der Waals surface area contributed by atoms with Crippen molar-refractivity contribution < 1.29 is 0 Å². The van der Waals surface area contributed by atoms with E-state index in [9.17, 15) is 0 Å². The van der Waals surface area contributed by atoms with Gasteiger partial charge in [-0.2, -0.15) is 0 Å². The van der Waals surface area contributed by atoms with Crippen LogP contribution >= 0.6 is 0 Å². The Morgan fingerprint density at radius 1 is 1.25 bits per heavy atom. The summed E-state index contributed by atoms with van der Waals surface area (Å²) < 4.78 is 0. The van der Waals surface area contributed by atoms with Crippen molar-refractivity contribution >= 4 is 0 Å².